The summed E-state index contributed by atoms with van der Waals surface area (Å²) in [5, 5.41) is 3.62. The number of halogens is 2. The van der Waals surface area contributed by atoms with Crippen LogP contribution in [-0.4, -0.2) is 25.1 Å². The number of amides is 1. The number of esters is 1. The predicted molar refractivity (Wildman–Crippen MR) is 105 cm³/mol. The van der Waals surface area contributed by atoms with E-state index in [4.69, 9.17) is 32.7 Å². The third kappa shape index (κ3) is 7.12. The molecule has 1 N–H and O–H groups in total. The molecule has 0 radical (unpaired) electrons. The smallest absolute Gasteiger partial charge is 0.338 e. The molecule has 0 aliphatic heterocycles. The van der Waals surface area contributed by atoms with Gasteiger partial charge in [-0.05, 0) is 48.4 Å². The average Bonchev–Trinajstić information content (AvgIpc) is 2.66. The van der Waals surface area contributed by atoms with Crippen molar-refractivity contribution in [1.29, 1.82) is 0 Å². The molecule has 2 aromatic rings. The Kier molecular flexibility index (Phi) is 8.43. The van der Waals surface area contributed by atoms with Gasteiger partial charge in [0.25, 0.3) is 5.91 Å². The zero-order chi connectivity index (χ0) is 19.6. The molecule has 0 bridgehead atoms. The van der Waals surface area contributed by atoms with E-state index in [0.717, 1.165) is 18.4 Å². The highest BCUT2D eigenvalue weighted by atomic mass is 35.5. The van der Waals surface area contributed by atoms with Crippen LogP contribution in [0, 0.1) is 0 Å². The number of hydrogen-bond donors (Lipinski definition) is 1. The van der Waals surface area contributed by atoms with E-state index in [-0.39, 0.29) is 13.2 Å². The number of hydrogen-bond acceptors (Lipinski definition) is 4. The van der Waals surface area contributed by atoms with E-state index >= 15 is 0 Å². The largest absolute Gasteiger partial charge is 0.494 e. The summed E-state index contributed by atoms with van der Waals surface area (Å²) in [6.07, 6.45) is 2.02. The molecule has 0 unspecified atom stereocenters. The van der Waals surface area contributed by atoms with Gasteiger partial charge in [0.15, 0.2) is 6.61 Å². The van der Waals surface area contributed by atoms with Crippen LogP contribution in [0.4, 0.5) is 0 Å². The van der Waals surface area contributed by atoms with Crippen LogP contribution in [0.5, 0.6) is 5.75 Å². The number of rotatable bonds is 9. The zero-order valence-corrected chi connectivity index (χ0v) is 16.5. The van der Waals surface area contributed by atoms with Crippen molar-refractivity contribution in [2.75, 3.05) is 13.2 Å². The van der Waals surface area contributed by atoms with Gasteiger partial charge in [-0.15, -0.1) is 0 Å². The quantitative estimate of drug-likeness (QED) is 0.483. The van der Waals surface area contributed by atoms with Gasteiger partial charge in [0, 0.05) is 16.6 Å². The van der Waals surface area contributed by atoms with Gasteiger partial charge in [-0.2, -0.15) is 0 Å². The Morgan fingerprint density at radius 2 is 1.81 bits per heavy atom. The van der Waals surface area contributed by atoms with Gasteiger partial charge in [0.1, 0.15) is 5.75 Å². The second kappa shape index (κ2) is 10.8. The molecule has 7 heteroatoms. The maximum absolute atomic E-state index is 12.0. The summed E-state index contributed by atoms with van der Waals surface area (Å²) in [4.78, 5) is 23.9. The van der Waals surface area contributed by atoms with Gasteiger partial charge in [0.05, 0.1) is 12.2 Å². The molecule has 0 aromatic heterocycles. The first kappa shape index (κ1) is 21.1. The first-order valence-corrected chi connectivity index (χ1v) is 9.35. The molecule has 0 saturated carbocycles. The van der Waals surface area contributed by atoms with Crippen LogP contribution >= 0.6 is 23.2 Å². The van der Waals surface area contributed by atoms with E-state index < -0.39 is 11.9 Å². The molecular formula is C20H21Cl2NO4. The highest BCUT2D eigenvalue weighted by Crippen LogP contribution is 2.20. The molecule has 0 atom stereocenters. The van der Waals surface area contributed by atoms with Crippen LogP contribution < -0.4 is 10.1 Å². The topological polar surface area (TPSA) is 64.6 Å². The Hall–Kier alpha value is -2.24. The highest BCUT2D eigenvalue weighted by molar-refractivity contribution is 6.35. The summed E-state index contributed by atoms with van der Waals surface area (Å²) in [6, 6.07) is 11.6. The highest BCUT2D eigenvalue weighted by Gasteiger charge is 2.11. The fourth-order valence-electron chi connectivity index (χ4n) is 2.15. The first-order chi connectivity index (χ1) is 13.0. The molecule has 2 aromatic carbocycles. The molecule has 27 heavy (non-hydrogen) atoms. The number of carbonyl (C=O) groups is 2. The molecule has 1 amide bonds. The summed E-state index contributed by atoms with van der Waals surface area (Å²) in [5.41, 5.74) is 1.07. The SMILES string of the molecule is CCCCOc1ccc(C(=O)OCC(=O)NCc2ccc(Cl)cc2Cl)cc1. The third-order valence-electron chi connectivity index (χ3n) is 3.68. The zero-order valence-electron chi connectivity index (χ0n) is 15.0. The molecule has 0 aliphatic rings. The molecule has 0 aliphatic carbocycles. The van der Waals surface area contributed by atoms with Gasteiger partial charge < -0.3 is 14.8 Å². The minimum Gasteiger partial charge on any atom is -0.494 e. The van der Waals surface area contributed by atoms with Gasteiger partial charge in [-0.25, -0.2) is 4.79 Å². The Balaban J connectivity index is 1.76. The molecule has 2 rings (SSSR count). The maximum atomic E-state index is 12.0. The fraction of sp³-hybridized carbons (Fsp3) is 0.300. The van der Waals surface area contributed by atoms with Gasteiger partial charge in [-0.1, -0.05) is 42.6 Å². The van der Waals surface area contributed by atoms with E-state index in [0.29, 0.717) is 28.0 Å². The van der Waals surface area contributed by atoms with Crippen molar-refractivity contribution in [2.24, 2.45) is 0 Å². The minimum absolute atomic E-state index is 0.218. The third-order valence-corrected chi connectivity index (χ3v) is 4.27. The monoisotopic (exact) mass is 409 g/mol. The number of ether oxygens (including phenoxy) is 2. The van der Waals surface area contributed by atoms with E-state index in [1.807, 2.05) is 0 Å². The van der Waals surface area contributed by atoms with Crippen LogP contribution in [-0.2, 0) is 16.1 Å². The van der Waals surface area contributed by atoms with E-state index in [9.17, 15) is 9.59 Å². The molecule has 5 nitrogen and oxygen atoms in total. The van der Waals surface area contributed by atoms with E-state index in [1.165, 1.54) is 0 Å². The van der Waals surface area contributed by atoms with Crippen molar-refractivity contribution in [2.45, 2.75) is 26.3 Å². The number of carbonyl (C=O) groups excluding carboxylic acids is 2. The fourth-order valence-corrected chi connectivity index (χ4v) is 2.62. The van der Waals surface area contributed by atoms with E-state index in [2.05, 4.69) is 12.2 Å². The van der Waals surface area contributed by atoms with E-state index in [1.54, 1.807) is 42.5 Å². The summed E-state index contributed by atoms with van der Waals surface area (Å²) >= 11 is 11.9. The summed E-state index contributed by atoms with van der Waals surface area (Å²) in [6.45, 7) is 2.57. The molecule has 144 valence electrons. The number of nitrogens with one attached hydrogen (secondary N) is 1. The Morgan fingerprint density at radius 3 is 2.48 bits per heavy atom. The Labute approximate surface area is 168 Å². The standard InChI is InChI=1S/C20H21Cl2NO4/c1-2-3-10-26-17-8-5-14(6-9-17)20(25)27-13-19(24)23-12-15-4-7-16(21)11-18(15)22/h4-9,11H,2-3,10,12-13H2,1H3,(H,23,24). The van der Waals surface area contributed by atoms with Crippen LogP contribution in [0.25, 0.3) is 0 Å². The number of benzene rings is 2. The molecular weight excluding hydrogens is 389 g/mol. The lowest BCUT2D eigenvalue weighted by Crippen LogP contribution is -2.28. The van der Waals surface area contributed by atoms with Crippen LogP contribution in [0.1, 0.15) is 35.7 Å². The van der Waals surface area contributed by atoms with Crippen LogP contribution in [0.3, 0.4) is 0 Å². The lowest BCUT2D eigenvalue weighted by Gasteiger charge is -2.09. The minimum atomic E-state index is -0.574. The van der Waals surface area contributed by atoms with Crippen molar-refractivity contribution in [3.05, 3.63) is 63.6 Å². The average molecular weight is 410 g/mol. The van der Waals surface area contributed by atoms with Crippen LogP contribution in [0.15, 0.2) is 42.5 Å². The lowest BCUT2D eigenvalue weighted by atomic mass is 10.2. The lowest BCUT2D eigenvalue weighted by molar-refractivity contribution is -0.124. The van der Waals surface area contributed by atoms with Gasteiger partial charge >= 0.3 is 5.97 Å². The number of unbranched alkanes of at least 4 members (excludes halogenated alkanes) is 1. The van der Waals surface area contributed by atoms with Gasteiger partial charge in [0.2, 0.25) is 0 Å². The molecule has 0 spiro atoms. The predicted octanol–water partition coefficient (Wildman–Crippen LogP) is 4.65. The maximum Gasteiger partial charge on any atom is 0.338 e. The second-order valence-corrected chi connectivity index (χ2v) is 6.66. The first-order valence-electron chi connectivity index (χ1n) is 8.60. The Morgan fingerprint density at radius 1 is 1.07 bits per heavy atom. The summed E-state index contributed by atoms with van der Waals surface area (Å²) < 4.78 is 10.6. The molecule has 0 fully saturated rings. The summed E-state index contributed by atoms with van der Waals surface area (Å²) in [7, 11) is 0. The molecule has 0 saturated heterocycles. The van der Waals surface area contributed by atoms with Crippen molar-refractivity contribution in [3.8, 4) is 5.75 Å². The summed E-state index contributed by atoms with van der Waals surface area (Å²) in [5.74, 6) is -0.304. The van der Waals surface area contributed by atoms with Crippen molar-refractivity contribution in [3.63, 3.8) is 0 Å². The Bertz CT molecular complexity index is 778. The normalized spacial score (nSPS) is 10.3. The van der Waals surface area contributed by atoms with Crippen LogP contribution in [0.2, 0.25) is 10.0 Å². The van der Waals surface area contributed by atoms with Crippen molar-refractivity contribution < 1.29 is 19.1 Å². The van der Waals surface area contributed by atoms with Gasteiger partial charge in [-0.3, -0.25) is 4.79 Å². The second-order valence-electron chi connectivity index (χ2n) is 5.81. The van der Waals surface area contributed by atoms with Crippen molar-refractivity contribution >= 4 is 35.1 Å². The van der Waals surface area contributed by atoms with Crippen molar-refractivity contribution in [1.82, 2.24) is 5.32 Å². The molecule has 0 heterocycles.